The van der Waals surface area contributed by atoms with Gasteiger partial charge < -0.3 is 19.7 Å². The summed E-state index contributed by atoms with van der Waals surface area (Å²) in [5.41, 5.74) is 0.308. The molecule has 2 aromatic rings. The third-order valence-corrected chi connectivity index (χ3v) is 5.48. The first kappa shape index (κ1) is 25.9. The van der Waals surface area contributed by atoms with E-state index in [1.807, 2.05) is 6.92 Å². The maximum absolute atomic E-state index is 13.4. The van der Waals surface area contributed by atoms with Gasteiger partial charge in [0.1, 0.15) is 11.4 Å². The Bertz CT molecular complexity index is 1080. The van der Waals surface area contributed by atoms with Crippen LogP contribution in [0.25, 0.3) is 0 Å². The lowest BCUT2D eigenvalue weighted by atomic mass is 9.90. The minimum atomic E-state index is -0.831. The number of ether oxygens (including phenoxy) is 2. The first-order valence-corrected chi connectivity index (χ1v) is 11.4. The fraction of sp³-hybridized carbons (Fsp3) is 0.440. The van der Waals surface area contributed by atoms with Gasteiger partial charge in [-0.2, -0.15) is 0 Å². The molecular formula is C25H31FN4O5. The third kappa shape index (κ3) is 6.91. The van der Waals surface area contributed by atoms with Gasteiger partial charge in [-0.1, -0.05) is 19.1 Å². The molecule has 1 aliphatic heterocycles. The molecule has 10 heteroatoms. The topological polar surface area (TPSA) is 110 Å². The molecule has 0 bridgehead atoms. The zero-order chi connectivity index (χ0) is 25.8. The molecule has 1 fully saturated rings. The Hall–Kier alpha value is -3.69. The Morgan fingerprint density at radius 2 is 1.80 bits per heavy atom. The molecule has 2 heterocycles. The molecule has 1 aliphatic rings. The molecule has 0 aliphatic carbocycles. The maximum Gasteiger partial charge on any atom is 0.413 e. The van der Waals surface area contributed by atoms with Crippen LogP contribution >= 0.6 is 0 Å². The Labute approximate surface area is 204 Å². The maximum atomic E-state index is 13.4. The van der Waals surface area contributed by atoms with Crippen molar-refractivity contribution in [2.45, 2.75) is 52.2 Å². The molecule has 0 spiro atoms. The van der Waals surface area contributed by atoms with Crippen LogP contribution in [0, 0.1) is 11.7 Å². The molecule has 188 valence electrons. The van der Waals surface area contributed by atoms with Crippen LogP contribution in [0.15, 0.2) is 36.5 Å². The number of nitrogens with one attached hydrogen (secondary N) is 2. The van der Waals surface area contributed by atoms with E-state index in [-0.39, 0.29) is 35.0 Å². The smallest absolute Gasteiger partial charge is 0.413 e. The number of halogens is 1. The van der Waals surface area contributed by atoms with Crippen LogP contribution in [-0.2, 0) is 14.3 Å². The van der Waals surface area contributed by atoms with Crippen molar-refractivity contribution < 1.29 is 28.2 Å². The zero-order valence-electron chi connectivity index (χ0n) is 20.6. The monoisotopic (exact) mass is 486 g/mol. The predicted molar refractivity (Wildman–Crippen MR) is 129 cm³/mol. The summed E-state index contributed by atoms with van der Waals surface area (Å²) < 4.78 is 23.9. The van der Waals surface area contributed by atoms with E-state index in [0.29, 0.717) is 13.0 Å². The SMILES string of the molecule is COc1cc(NC(=O)C(=O)N2C[C@H](C)CC[C@H]2c2ccc(F)cc2)cnc1NC(=O)OC(C)(C)C. The molecule has 1 aromatic carbocycles. The van der Waals surface area contributed by atoms with Crippen molar-refractivity contribution in [3.63, 3.8) is 0 Å². The van der Waals surface area contributed by atoms with Crippen molar-refractivity contribution >= 4 is 29.4 Å². The van der Waals surface area contributed by atoms with Crippen LogP contribution in [-0.4, -0.2) is 47.0 Å². The number of benzene rings is 1. The Morgan fingerprint density at radius 1 is 1.11 bits per heavy atom. The number of aromatic nitrogens is 1. The fourth-order valence-corrected chi connectivity index (χ4v) is 3.89. The van der Waals surface area contributed by atoms with Crippen LogP contribution in [0.1, 0.15) is 52.1 Å². The highest BCUT2D eigenvalue weighted by Crippen LogP contribution is 2.34. The Kier molecular flexibility index (Phi) is 7.93. The second kappa shape index (κ2) is 10.7. The van der Waals surface area contributed by atoms with E-state index in [2.05, 4.69) is 15.6 Å². The van der Waals surface area contributed by atoms with Gasteiger partial charge in [-0.25, -0.2) is 14.2 Å². The lowest BCUT2D eigenvalue weighted by molar-refractivity contribution is -0.146. The summed E-state index contributed by atoms with van der Waals surface area (Å²) in [4.78, 5) is 43.7. The largest absolute Gasteiger partial charge is 0.493 e. The molecule has 9 nitrogen and oxygen atoms in total. The molecule has 35 heavy (non-hydrogen) atoms. The number of nitrogens with zero attached hydrogens (tertiary/aromatic N) is 2. The summed E-state index contributed by atoms with van der Waals surface area (Å²) in [6, 6.07) is 7.10. The van der Waals surface area contributed by atoms with Crippen molar-refractivity contribution in [3.05, 3.63) is 47.9 Å². The minimum Gasteiger partial charge on any atom is -0.493 e. The summed E-state index contributed by atoms with van der Waals surface area (Å²) in [5.74, 6) is -1.38. The number of piperidine rings is 1. The van der Waals surface area contributed by atoms with Gasteiger partial charge in [0.2, 0.25) is 0 Å². The number of hydrogen-bond acceptors (Lipinski definition) is 6. The fourth-order valence-electron chi connectivity index (χ4n) is 3.89. The second-order valence-corrected chi connectivity index (χ2v) is 9.56. The highest BCUT2D eigenvalue weighted by molar-refractivity contribution is 6.39. The van der Waals surface area contributed by atoms with E-state index >= 15 is 0 Å². The number of likely N-dealkylation sites (tertiary alicyclic amines) is 1. The van der Waals surface area contributed by atoms with Gasteiger partial charge in [0, 0.05) is 12.6 Å². The number of methoxy groups -OCH3 is 1. The lowest BCUT2D eigenvalue weighted by Gasteiger charge is -2.38. The molecule has 0 unspecified atom stereocenters. The molecule has 3 amide bonds. The molecule has 0 radical (unpaired) electrons. The quantitative estimate of drug-likeness (QED) is 0.615. The summed E-state index contributed by atoms with van der Waals surface area (Å²) in [7, 11) is 1.39. The van der Waals surface area contributed by atoms with Gasteiger partial charge in [-0.15, -0.1) is 0 Å². The Balaban J connectivity index is 1.73. The van der Waals surface area contributed by atoms with Crippen LogP contribution in [0.5, 0.6) is 5.75 Å². The number of pyridine rings is 1. The van der Waals surface area contributed by atoms with Crippen molar-refractivity contribution in [1.29, 1.82) is 0 Å². The van der Waals surface area contributed by atoms with Crippen molar-refractivity contribution in [2.75, 3.05) is 24.3 Å². The van der Waals surface area contributed by atoms with Crippen LogP contribution in [0.4, 0.5) is 20.7 Å². The summed E-state index contributed by atoms with van der Waals surface area (Å²) in [5, 5.41) is 5.05. The Morgan fingerprint density at radius 3 is 2.43 bits per heavy atom. The van der Waals surface area contributed by atoms with Gasteiger partial charge in [0.15, 0.2) is 11.6 Å². The van der Waals surface area contributed by atoms with Gasteiger partial charge in [0.05, 0.1) is 25.0 Å². The summed E-state index contributed by atoms with van der Waals surface area (Å²) in [6.45, 7) is 7.63. The number of carbonyl (C=O) groups is 3. The number of rotatable bonds is 4. The third-order valence-electron chi connectivity index (χ3n) is 5.48. The predicted octanol–water partition coefficient (Wildman–Crippen LogP) is 4.51. The molecule has 3 rings (SSSR count). The number of anilines is 2. The molecular weight excluding hydrogens is 455 g/mol. The summed E-state index contributed by atoms with van der Waals surface area (Å²) >= 11 is 0. The van der Waals surface area contributed by atoms with Gasteiger partial charge in [0.25, 0.3) is 0 Å². The average Bonchev–Trinajstić information content (AvgIpc) is 2.79. The van der Waals surface area contributed by atoms with E-state index in [1.54, 1.807) is 32.9 Å². The van der Waals surface area contributed by atoms with Gasteiger partial charge in [-0.05, 0) is 57.2 Å². The van der Waals surface area contributed by atoms with Crippen molar-refractivity contribution in [3.8, 4) is 5.75 Å². The molecule has 2 atom stereocenters. The first-order chi connectivity index (χ1) is 16.5. The molecule has 1 saturated heterocycles. The van der Waals surface area contributed by atoms with Gasteiger partial charge in [-0.3, -0.25) is 14.9 Å². The van der Waals surface area contributed by atoms with E-state index in [0.717, 1.165) is 12.0 Å². The lowest BCUT2D eigenvalue weighted by Crippen LogP contribution is -2.46. The standard InChI is InChI=1S/C25H31FN4O5/c1-15-6-11-19(16-7-9-17(26)10-8-16)30(14-15)23(32)22(31)28-18-12-20(34-5)21(27-13-18)29-24(33)35-25(2,3)4/h7-10,12-13,15,19H,6,11,14H2,1-5H3,(H,28,31)(H,27,29,33)/t15-,19+/m1/s1. The second-order valence-electron chi connectivity index (χ2n) is 9.56. The molecule has 2 N–H and O–H groups in total. The van der Waals surface area contributed by atoms with Crippen LogP contribution in [0.2, 0.25) is 0 Å². The highest BCUT2D eigenvalue weighted by atomic mass is 19.1. The number of carbonyl (C=O) groups excluding carboxylic acids is 3. The minimum absolute atomic E-state index is 0.104. The van der Waals surface area contributed by atoms with Crippen molar-refractivity contribution in [2.24, 2.45) is 5.92 Å². The molecule has 1 aromatic heterocycles. The first-order valence-electron chi connectivity index (χ1n) is 11.4. The highest BCUT2D eigenvalue weighted by Gasteiger charge is 2.34. The normalized spacial score (nSPS) is 17.9. The van der Waals surface area contributed by atoms with Crippen LogP contribution < -0.4 is 15.4 Å². The zero-order valence-corrected chi connectivity index (χ0v) is 20.6. The van der Waals surface area contributed by atoms with Crippen LogP contribution in [0.3, 0.4) is 0 Å². The van der Waals surface area contributed by atoms with E-state index in [4.69, 9.17) is 9.47 Å². The van der Waals surface area contributed by atoms with Gasteiger partial charge >= 0.3 is 17.9 Å². The van der Waals surface area contributed by atoms with Crippen molar-refractivity contribution in [1.82, 2.24) is 9.88 Å². The average molecular weight is 487 g/mol. The number of hydrogen-bond donors (Lipinski definition) is 2. The van der Waals surface area contributed by atoms with E-state index < -0.39 is 23.5 Å². The number of amides is 3. The summed E-state index contributed by atoms with van der Waals surface area (Å²) in [6.07, 6.45) is 2.16. The van der Waals surface area contributed by atoms with E-state index in [9.17, 15) is 18.8 Å². The van der Waals surface area contributed by atoms with E-state index in [1.165, 1.54) is 36.4 Å². The molecule has 0 saturated carbocycles.